The average molecular weight is 629 g/mol. The first kappa shape index (κ1) is 29.1. The molecule has 0 unspecified atom stereocenters. The van der Waals surface area contributed by atoms with Crippen LogP contribution in [0, 0.1) is 0 Å². The summed E-state index contributed by atoms with van der Waals surface area (Å²) in [5.41, 5.74) is 11.8. The van der Waals surface area contributed by atoms with Gasteiger partial charge in [0.25, 0.3) is 0 Å². The lowest BCUT2D eigenvalue weighted by atomic mass is 9.73. The zero-order chi connectivity index (χ0) is 33.0. The molecular formula is C47H36N2. The van der Waals surface area contributed by atoms with Crippen LogP contribution in [0.2, 0.25) is 0 Å². The summed E-state index contributed by atoms with van der Waals surface area (Å²) in [5.74, 6) is 0. The van der Waals surface area contributed by atoms with Crippen LogP contribution in [-0.4, -0.2) is 0 Å². The van der Waals surface area contributed by atoms with Gasteiger partial charge in [0.1, 0.15) is 0 Å². The smallest absolute Gasteiger partial charge is 0.0618 e. The van der Waals surface area contributed by atoms with Crippen molar-refractivity contribution in [2.24, 2.45) is 0 Å². The van der Waals surface area contributed by atoms with Crippen LogP contribution in [0.15, 0.2) is 182 Å². The summed E-state index contributed by atoms with van der Waals surface area (Å²) in [4.78, 5) is 4.90. The van der Waals surface area contributed by atoms with Crippen LogP contribution in [0.25, 0.3) is 32.7 Å². The van der Waals surface area contributed by atoms with Crippen molar-refractivity contribution in [3.05, 3.63) is 193 Å². The third kappa shape index (κ3) is 4.79. The third-order valence-corrected chi connectivity index (χ3v) is 10.2. The first-order valence-electron chi connectivity index (χ1n) is 17.0. The number of hydrogen-bond donors (Lipinski definition) is 0. The molecule has 0 bridgehead atoms. The molecule has 1 aliphatic heterocycles. The van der Waals surface area contributed by atoms with Crippen molar-refractivity contribution in [3.63, 3.8) is 0 Å². The number of benzene rings is 8. The van der Waals surface area contributed by atoms with E-state index in [0.29, 0.717) is 0 Å². The molecule has 2 nitrogen and oxygen atoms in total. The van der Waals surface area contributed by atoms with Crippen LogP contribution in [-0.2, 0) is 5.41 Å². The van der Waals surface area contributed by atoms with Gasteiger partial charge in [-0.05, 0) is 81.4 Å². The second-order valence-electron chi connectivity index (χ2n) is 13.4. The van der Waals surface area contributed by atoms with Gasteiger partial charge in [0.05, 0.1) is 17.1 Å². The third-order valence-electron chi connectivity index (χ3n) is 10.2. The SMILES string of the molecule is CC1(C)c2ccccc2N(c2c(-c3ccc4ccccc4c3)ccc3ccccc23)c2cc(N(c3ccccc3)c3ccccc3)ccc21. The van der Waals surface area contributed by atoms with Gasteiger partial charge in [-0.2, -0.15) is 0 Å². The van der Waals surface area contributed by atoms with Crippen LogP contribution < -0.4 is 9.80 Å². The summed E-state index contributed by atoms with van der Waals surface area (Å²) in [7, 11) is 0. The molecule has 1 heterocycles. The van der Waals surface area contributed by atoms with E-state index in [9.17, 15) is 0 Å². The van der Waals surface area contributed by atoms with E-state index in [0.717, 1.165) is 17.1 Å². The Morgan fingerprint density at radius 2 is 1.02 bits per heavy atom. The fraction of sp³-hybridized carbons (Fsp3) is 0.0638. The largest absolute Gasteiger partial charge is 0.310 e. The Labute approximate surface area is 288 Å². The Balaban J connectivity index is 1.35. The molecule has 0 atom stereocenters. The molecule has 234 valence electrons. The maximum Gasteiger partial charge on any atom is 0.0618 e. The summed E-state index contributed by atoms with van der Waals surface area (Å²) in [6, 6.07) is 66.3. The summed E-state index contributed by atoms with van der Waals surface area (Å²) < 4.78 is 0. The van der Waals surface area contributed by atoms with Crippen LogP contribution in [0.5, 0.6) is 0 Å². The van der Waals surface area contributed by atoms with Crippen molar-refractivity contribution in [1.29, 1.82) is 0 Å². The number of fused-ring (bicyclic) bond motifs is 4. The molecule has 0 amide bonds. The van der Waals surface area contributed by atoms with Crippen LogP contribution in [0.4, 0.5) is 34.1 Å². The van der Waals surface area contributed by atoms with Crippen molar-refractivity contribution in [1.82, 2.24) is 0 Å². The van der Waals surface area contributed by atoms with Crippen molar-refractivity contribution < 1.29 is 0 Å². The Morgan fingerprint density at radius 1 is 0.429 bits per heavy atom. The van der Waals surface area contributed by atoms with E-state index in [1.165, 1.54) is 60.9 Å². The average Bonchev–Trinajstić information content (AvgIpc) is 3.16. The fourth-order valence-electron chi connectivity index (χ4n) is 7.77. The van der Waals surface area contributed by atoms with Gasteiger partial charge in [0, 0.05) is 33.4 Å². The Morgan fingerprint density at radius 3 is 1.78 bits per heavy atom. The van der Waals surface area contributed by atoms with Gasteiger partial charge in [-0.3, -0.25) is 0 Å². The highest BCUT2D eigenvalue weighted by Crippen LogP contribution is 2.56. The molecule has 0 aromatic heterocycles. The Bertz CT molecular complexity index is 2440. The lowest BCUT2D eigenvalue weighted by Gasteiger charge is -2.43. The van der Waals surface area contributed by atoms with E-state index in [-0.39, 0.29) is 5.41 Å². The lowest BCUT2D eigenvalue weighted by molar-refractivity contribution is 0.632. The van der Waals surface area contributed by atoms with E-state index in [4.69, 9.17) is 0 Å². The maximum atomic E-state index is 2.54. The van der Waals surface area contributed by atoms with Crippen LogP contribution in [0.3, 0.4) is 0 Å². The predicted octanol–water partition coefficient (Wildman–Crippen LogP) is 13.2. The number of nitrogens with zero attached hydrogens (tertiary/aromatic N) is 2. The second kappa shape index (κ2) is 11.5. The van der Waals surface area contributed by atoms with Gasteiger partial charge in [-0.1, -0.05) is 147 Å². The van der Waals surface area contributed by atoms with Gasteiger partial charge >= 0.3 is 0 Å². The van der Waals surface area contributed by atoms with E-state index >= 15 is 0 Å². The Hall–Kier alpha value is -6.12. The minimum Gasteiger partial charge on any atom is -0.310 e. The normalized spacial score (nSPS) is 13.2. The molecule has 2 heteroatoms. The van der Waals surface area contributed by atoms with Gasteiger partial charge in [0.2, 0.25) is 0 Å². The zero-order valence-corrected chi connectivity index (χ0v) is 27.7. The zero-order valence-electron chi connectivity index (χ0n) is 27.7. The summed E-state index contributed by atoms with van der Waals surface area (Å²) in [6.45, 7) is 4.72. The highest BCUT2D eigenvalue weighted by atomic mass is 15.2. The van der Waals surface area contributed by atoms with Crippen molar-refractivity contribution >= 4 is 55.7 Å². The summed E-state index contributed by atoms with van der Waals surface area (Å²) >= 11 is 0. The molecule has 0 saturated heterocycles. The van der Waals surface area contributed by atoms with Crippen molar-refractivity contribution in [2.75, 3.05) is 9.80 Å². The molecule has 8 aromatic rings. The minimum atomic E-state index is -0.209. The fourth-order valence-corrected chi connectivity index (χ4v) is 7.77. The number of rotatable bonds is 5. The minimum absolute atomic E-state index is 0.209. The first-order chi connectivity index (χ1) is 24.1. The summed E-state index contributed by atoms with van der Waals surface area (Å²) in [5, 5.41) is 4.93. The standard InChI is InChI=1S/C47H36N2/c1-47(2)42-23-13-14-24-44(42)49(45-32-39(28-30-43(45)47)48(37-18-5-3-6-19-37)38-20-7-4-8-21-38)46-40-22-12-11-16-34(40)27-29-41(46)36-26-25-33-15-9-10-17-35(33)31-36/h3-32H,1-2H3. The quantitative estimate of drug-likeness (QED) is 0.187. The van der Waals surface area contributed by atoms with Gasteiger partial charge in [-0.25, -0.2) is 0 Å². The highest BCUT2D eigenvalue weighted by Gasteiger charge is 2.38. The number of hydrogen-bond acceptors (Lipinski definition) is 2. The lowest BCUT2D eigenvalue weighted by Crippen LogP contribution is -2.31. The summed E-state index contributed by atoms with van der Waals surface area (Å²) in [6.07, 6.45) is 0. The van der Waals surface area contributed by atoms with Crippen molar-refractivity contribution in [2.45, 2.75) is 19.3 Å². The van der Waals surface area contributed by atoms with Gasteiger partial charge in [0.15, 0.2) is 0 Å². The first-order valence-corrected chi connectivity index (χ1v) is 17.0. The molecule has 8 aromatic carbocycles. The maximum absolute atomic E-state index is 2.54. The van der Waals surface area contributed by atoms with E-state index in [2.05, 4.69) is 206 Å². The molecule has 0 saturated carbocycles. The molecule has 0 spiro atoms. The monoisotopic (exact) mass is 628 g/mol. The molecule has 0 aliphatic carbocycles. The molecule has 9 rings (SSSR count). The van der Waals surface area contributed by atoms with E-state index in [1.54, 1.807) is 0 Å². The Kier molecular flexibility index (Phi) is 6.84. The van der Waals surface area contributed by atoms with E-state index < -0.39 is 0 Å². The number of anilines is 6. The molecule has 49 heavy (non-hydrogen) atoms. The van der Waals surface area contributed by atoms with Gasteiger partial charge < -0.3 is 9.80 Å². The topological polar surface area (TPSA) is 6.48 Å². The molecule has 0 fully saturated rings. The molecule has 0 radical (unpaired) electrons. The van der Waals surface area contributed by atoms with Crippen molar-refractivity contribution in [3.8, 4) is 11.1 Å². The highest BCUT2D eigenvalue weighted by molar-refractivity contribution is 6.08. The molecule has 0 N–H and O–H groups in total. The molecular weight excluding hydrogens is 593 g/mol. The molecule has 1 aliphatic rings. The number of para-hydroxylation sites is 3. The predicted molar refractivity (Wildman–Crippen MR) is 208 cm³/mol. The van der Waals surface area contributed by atoms with Crippen LogP contribution in [0.1, 0.15) is 25.0 Å². The second-order valence-corrected chi connectivity index (χ2v) is 13.4. The van der Waals surface area contributed by atoms with Gasteiger partial charge in [-0.15, -0.1) is 0 Å². The van der Waals surface area contributed by atoms with E-state index in [1.807, 2.05) is 0 Å². The van der Waals surface area contributed by atoms with Crippen LogP contribution >= 0.6 is 0 Å².